The van der Waals surface area contributed by atoms with Crippen LogP contribution in [-0.4, -0.2) is 22.5 Å². The van der Waals surface area contributed by atoms with E-state index in [-0.39, 0.29) is 17.4 Å². The van der Waals surface area contributed by atoms with Gasteiger partial charge in [0.1, 0.15) is 11.5 Å². The van der Waals surface area contributed by atoms with Crippen molar-refractivity contribution in [1.29, 1.82) is 0 Å². The van der Waals surface area contributed by atoms with Crippen molar-refractivity contribution in [2.45, 2.75) is 32.1 Å². The van der Waals surface area contributed by atoms with Crippen LogP contribution in [0.5, 0.6) is 11.5 Å². The van der Waals surface area contributed by atoms with E-state index in [9.17, 15) is 10.2 Å². The SMILES string of the molecule is C[C@H]1CN=C2CCC[C@@H]3C=C[C@H](c4cc(O)cc(O)c4)[C@H]1[C@@H]23. The molecule has 0 aromatic heterocycles. The van der Waals surface area contributed by atoms with Crippen LogP contribution in [0.4, 0.5) is 0 Å². The average molecular weight is 297 g/mol. The maximum Gasteiger partial charge on any atom is 0.119 e. The van der Waals surface area contributed by atoms with E-state index in [0.717, 1.165) is 18.5 Å². The second kappa shape index (κ2) is 5.15. The fraction of sp³-hybridized carbons (Fsp3) is 0.526. The Hall–Kier alpha value is -1.77. The van der Waals surface area contributed by atoms with Crippen LogP contribution in [0.1, 0.15) is 37.7 Å². The summed E-state index contributed by atoms with van der Waals surface area (Å²) < 4.78 is 0. The minimum absolute atomic E-state index is 0.145. The lowest BCUT2D eigenvalue weighted by molar-refractivity contribution is 0.186. The standard InChI is InChI=1S/C19H23NO2/c1-11-10-20-17-4-2-3-12-5-6-16(18(11)19(12)17)13-7-14(21)9-15(22)8-13/h5-9,11-12,16,18-19,21-22H,2-4,10H2,1H3/t11-,12+,16+,18-,19+/m0/s1. The lowest BCUT2D eigenvalue weighted by Gasteiger charge is -2.48. The largest absolute Gasteiger partial charge is 0.508 e. The highest BCUT2D eigenvalue weighted by Gasteiger charge is 2.45. The average Bonchev–Trinajstić information content (AvgIpc) is 2.50. The molecule has 0 radical (unpaired) electrons. The van der Waals surface area contributed by atoms with E-state index in [1.807, 2.05) is 0 Å². The maximum atomic E-state index is 9.84. The Labute approximate surface area is 131 Å². The molecule has 1 aromatic rings. The minimum Gasteiger partial charge on any atom is -0.508 e. The molecule has 1 aromatic carbocycles. The van der Waals surface area contributed by atoms with Crippen LogP contribution < -0.4 is 0 Å². The number of aliphatic imine (C=N–C) groups is 1. The van der Waals surface area contributed by atoms with Crippen molar-refractivity contribution in [2.75, 3.05) is 6.54 Å². The molecule has 0 unspecified atom stereocenters. The highest BCUT2D eigenvalue weighted by atomic mass is 16.3. The molecular formula is C19H23NO2. The third-order valence-corrected chi connectivity index (χ3v) is 5.76. The van der Waals surface area contributed by atoms with E-state index in [1.165, 1.54) is 24.6 Å². The van der Waals surface area contributed by atoms with Gasteiger partial charge >= 0.3 is 0 Å². The molecule has 2 aliphatic carbocycles. The molecule has 2 N–H and O–H groups in total. The zero-order valence-electron chi connectivity index (χ0n) is 12.9. The molecule has 3 heteroatoms. The first-order valence-electron chi connectivity index (χ1n) is 8.38. The molecule has 4 rings (SSSR count). The van der Waals surface area contributed by atoms with Crippen LogP contribution >= 0.6 is 0 Å². The lowest BCUT2D eigenvalue weighted by Crippen LogP contribution is -2.45. The number of aromatic hydroxyl groups is 2. The molecule has 1 aliphatic heterocycles. The Kier molecular flexibility index (Phi) is 3.24. The summed E-state index contributed by atoms with van der Waals surface area (Å²) in [5.41, 5.74) is 2.44. The number of rotatable bonds is 1. The zero-order valence-corrected chi connectivity index (χ0v) is 12.9. The van der Waals surface area contributed by atoms with Gasteiger partial charge in [-0.25, -0.2) is 0 Å². The van der Waals surface area contributed by atoms with Gasteiger partial charge in [0.25, 0.3) is 0 Å². The van der Waals surface area contributed by atoms with Gasteiger partial charge in [0.15, 0.2) is 0 Å². The fourth-order valence-electron chi connectivity index (χ4n) is 4.87. The second-order valence-corrected chi connectivity index (χ2v) is 7.16. The van der Waals surface area contributed by atoms with Crippen LogP contribution in [-0.2, 0) is 0 Å². The molecule has 0 bridgehead atoms. The van der Waals surface area contributed by atoms with Crippen molar-refractivity contribution < 1.29 is 10.2 Å². The number of hydrogen-bond acceptors (Lipinski definition) is 3. The number of phenolic OH excluding ortho intramolecular Hbond substituents is 2. The van der Waals surface area contributed by atoms with Gasteiger partial charge in [-0.1, -0.05) is 19.1 Å². The smallest absolute Gasteiger partial charge is 0.119 e. The Morgan fingerprint density at radius 1 is 1.09 bits per heavy atom. The molecule has 22 heavy (non-hydrogen) atoms. The first kappa shape index (κ1) is 13.9. The van der Waals surface area contributed by atoms with Gasteiger partial charge < -0.3 is 10.2 Å². The van der Waals surface area contributed by atoms with Crippen LogP contribution in [0.3, 0.4) is 0 Å². The summed E-state index contributed by atoms with van der Waals surface area (Å²) in [4.78, 5) is 4.86. The quantitative estimate of drug-likeness (QED) is 0.773. The Morgan fingerprint density at radius 3 is 2.64 bits per heavy atom. The summed E-state index contributed by atoms with van der Waals surface area (Å²) in [6.07, 6.45) is 8.34. The van der Waals surface area contributed by atoms with Crippen molar-refractivity contribution in [2.24, 2.45) is 28.7 Å². The highest BCUT2D eigenvalue weighted by molar-refractivity contribution is 5.89. The highest BCUT2D eigenvalue weighted by Crippen LogP contribution is 2.50. The molecule has 0 spiro atoms. The maximum absolute atomic E-state index is 9.84. The third-order valence-electron chi connectivity index (χ3n) is 5.76. The van der Waals surface area contributed by atoms with Crippen LogP contribution in [0, 0.1) is 23.7 Å². The number of hydrogen-bond donors (Lipinski definition) is 2. The molecule has 3 nitrogen and oxygen atoms in total. The van der Waals surface area contributed by atoms with Crippen molar-refractivity contribution in [3.8, 4) is 11.5 Å². The van der Waals surface area contributed by atoms with Crippen LogP contribution in [0.25, 0.3) is 0 Å². The topological polar surface area (TPSA) is 52.8 Å². The number of nitrogens with zero attached hydrogens (tertiary/aromatic N) is 1. The van der Waals surface area contributed by atoms with E-state index < -0.39 is 0 Å². The van der Waals surface area contributed by atoms with Gasteiger partial charge in [0, 0.05) is 30.2 Å². The lowest BCUT2D eigenvalue weighted by atomic mass is 9.58. The van der Waals surface area contributed by atoms with Crippen molar-refractivity contribution >= 4 is 5.71 Å². The molecule has 1 saturated carbocycles. The molecular weight excluding hydrogens is 274 g/mol. The molecule has 116 valence electrons. The summed E-state index contributed by atoms with van der Waals surface area (Å²) in [5.74, 6) is 2.80. The first-order valence-corrected chi connectivity index (χ1v) is 8.38. The number of benzene rings is 1. The van der Waals surface area contributed by atoms with E-state index in [0.29, 0.717) is 23.7 Å². The van der Waals surface area contributed by atoms with E-state index in [2.05, 4.69) is 19.1 Å². The summed E-state index contributed by atoms with van der Waals surface area (Å²) in [7, 11) is 0. The predicted octanol–water partition coefficient (Wildman–Crippen LogP) is 3.87. The van der Waals surface area contributed by atoms with Gasteiger partial charge in [-0.05, 0) is 54.7 Å². The first-order chi connectivity index (χ1) is 10.6. The van der Waals surface area contributed by atoms with Crippen LogP contribution in [0.15, 0.2) is 35.3 Å². The summed E-state index contributed by atoms with van der Waals surface area (Å²) in [5, 5.41) is 19.7. The van der Waals surface area contributed by atoms with Gasteiger partial charge in [0.05, 0.1) is 0 Å². The summed E-state index contributed by atoms with van der Waals surface area (Å²) >= 11 is 0. The molecule has 0 saturated heterocycles. The van der Waals surface area contributed by atoms with E-state index >= 15 is 0 Å². The third kappa shape index (κ3) is 2.15. The van der Waals surface area contributed by atoms with E-state index in [1.54, 1.807) is 12.1 Å². The van der Waals surface area contributed by atoms with Crippen molar-refractivity contribution in [3.05, 3.63) is 35.9 Å². The van der Waals surface area contributed by atoms with Gasteiger partial charge in [-0.3, -0.25) is 4.99 Å². The normalized spacial score (nSPS) is 36.6. The Bertz CT molecular complexity index is 629. The minimum atomic E-state index is 0.145. The van der Waals surface area contributed by atoms with Gasteiger partial charge in [-0.2, -0.15) is 0 Å². The number of allylic oxidation sites excluding steroid dienone is 2. The van der Waals surface area contributed by atoms with Crippen LogP contribution in [0.2, 0.25) is 0 Å². The van der Waals surface area contributed by atoms with Crippen molar-refractivity contribution in [3.63, 3.8) is 0 Å². The molecule has 5 atom stereocenters. The molecule has 0 amide bonds. The number of phenols is 2. The van der Waals surface area contributed by atoms with Crippen molar-refractivity contribution in [1.82, 2.24) is 0 Å². The predicted molar refractivity (Wildman–Crippen MR) is 87.4 cm³/mol. The Balaban J connectivity index is 1.79. The summed E-state index contributed by atoms with van der Waals surface area (Å²) in [6.45, 7) is 3.21. The molecule has 1 heterocycles. The fourth-order valence-corrected chi connectivity index (χ4v) is 4.87. The zero-order chi connectivity index (χ0) is 15.3. The van der Waals surface area contributed by atoms with Gasteiger partial charge in [-0.15, -0.1) is 0 Å². The second-order valence-electron chi connectivity index (χ2n) is 7.16. The summed E-state index contributed by atoms with van der Waals surface area (Å²) in [6, 6.07) is 5.00. The molecule has 3 aliphatic rings. The molecule has 1 fully saturated rings. The van der Waals surface area contributed by atoms with E-state index in [4.69, 9.17) is 4.99 Å². The van der Waals surface area contributed by atoms with Gasteiger partial charge in [0.2, 0.25) is 0 Å². The Morgan fingerprint density at radius 2 is 1.86 bits per heavy atom. The monoisotopic (exact) mass is 297 g/mol.